The van der Waals surface area contributed by atoms with E-state index < -0.39 is 5.91 Å². The minimum Gasteiger partial charge on any atom is -0.493 e. The van der Waals surface area contributed by atoms with Gasteiger partial charge >= 0.3 is 0 Å². The fourth-order valence-electron chi connectivity index (χ4n) is 3.51. The summed E-state index contributed by atoms with van der Waals surface area (Å²) in [6, 6.07) is 16.7. The highest BCUT2D eigenvalue weighted by atomic mass is 127. The highest BCUT2D eigenvalue weighted by Gasteiger charge is 2.16. The quantitative estimate of drug-likeness (QED) is 0.183. The maximum absolute atomic E-state index is 12.8. The summed E-state index contributed by atoms with van der Waals surface area (Å²) in [5, 5.41) is 15.3. The van der Waals surface area contributed by atoms with Crippen molar-refractivity contribution in [2.24, 2.45) is 0 Å². The Morgan fingerprint density at radius 2 is 1.76 bits per heavy atom. The molecule has 7 nitrogen and oxygen atoms in total. The van der Waals surface area contributed by atoms with Gasteiger partial charge in [-0.05, 0) is 115 Å². The lowest BCUT2D eigenvalue weighted by molar-refractivity contribution is -0.118. The summed E-state index contributed by atoms with van der Waals surface area (Å²) < 4.78 is 11.9. The zero-order valence-electron chi connectivity index (χ0n) is 21.4. The molecule has 0 radical (unpaired) electrons. The molecule has 0 aliphatic rings. The number of carbonyl (C=O) groups excluding carboxylic acids is 2. The summed E-state index contributed by atoms with van der Waals surface area (Å²) in [5.41, 5.74) is 6.08. The second-order valence-electron chi connectivity index (χ2n) is 8.54. The third kappa shape index (κ3) is 7.11. The zero-order valence-corrected chi connectivity index (χ0v) is 23.5. The van der Waals surface area contributed by atoms with Crippen LogP contribution in [0.5, 0.6) is 11.5 Å². The van der Waals surface area contributed by atoms with Crippen LogP contribution >= 0.6 is 22.6 Å². The van der Waals surface area contributed by atoms with Crippen LogP contribution in [0.1, 0.15) is 27.8 Å². The summed E-state index contributed by atoms with van der Waals surface area (Å²) in [6.45, 7) is 7.64. The first kappa shape index (κ1) is 27.7. The van der Waals surface area contributed by atoms with Gasteiger partial charge in [-0.1, -0.05) is 18.2 Å². The molecule has 0 saturated heterocycles. The molecule has 0 heterocycles. The average molecular weight is 609 g/mol. The number of hydrogen-bond donors (Lipinski definition) is 2. The topological polar surface area (TPSA) is 100 Å². The molecule has 0 spiro atoms. The number of anilines is 2. The van der Waals surface area contributed by atoms with Crippen LogP contribution in [0.4, 0.5) is 11.4 Å². The molecule has 0 aliphatic carbocycles. The molecular formula is C29H28IN3O4. The van der Waals surface area contributed by atoms with Gasteiger partial charge in [0.05, 0.1) is 10.7 Å². The Labute approximate surface area is 230 Å². The number of hydrogen-bond acceptors (Lipinski definition) is 5. The summed E-state index contributed by atoms with van der Waals surface area (Å²) in [5.74, 6) is -0.0355. The van der Waals surface area contributed by atoms with E-state index in [1.165, 1.54) is 13.2 Å². The number of aryl methyl sites for hydroxylation is 3. The second kappa shape index (κ2) is 12.4. The van der Waals surface area contributed by atoms with Crippen LogP contribution < -0.4 is 20.1 Å². The third-order valence-electron chi connectivity index (χ3n) is 5.92. The van der Waals surface area contributed by atoms with E-state index in [9.17, 15) is 14.9 Å². The molecule has 3 aromatic carbocycles. The summed E-state index contributed by atoms with van der Waals surface area (Å²) in [7, 11) is 1.49. The smallest absolute Gasteiger partial charge is 0.266 e. The number of nitriles is 1. The Balaban J connectivity index is 1.75. The van der Waals surface area contributed by atoms with Gasteiger partial charge in [-0.2, -0.15) is 5.26 Å². The van der Waals surface area contributed by atoms with Crippen LogP contribution in [0.3, 0.4) is 0 Å². The van der Waals surface area contributed by atoms with Gasteiger partial charge in [-0.15, -0.1) is 0 Å². The number of methoxy groups -OCH3 is 1. The Bertz CT molecular complexity index is 1420. The van der Waals surface area contributed by atoms with E-state index in [4.69, 9.17) is 9.47 Å². The van der Waals surface area contributed by atoms with E-state index in [-0.39, 0.29) is 18.1 Å². The van der Waals surface area contributed by atoms with Crippen LogP contribution in [0.2, 0.25) is 0 Å². The van der Waals surface area contributed by atoms with Gasteiger partial charge in [0.2, 0.25) is 0 Å². The van der Waals surface area contributed by atoms with Crippen LogP contribution in [-0.2, 0) is 9.59 Å². The lowest BCUT2D eigenvalue weighted by atomic mass is 10.1. The number of ether oxygens (including phenoxy) is 2. The maximum Gasteiger partial charge on any atom is 0.266 e. The molecule has 0 atom stereocenters. The van der Waals surface area contributed by atoms with Gasteiger partial charge in [0, 0.05) is 11.4 Å². The van der Waals surface area contributed by atoms with Crippen molar-refractivity contribution in [2.45, 2.75) is 27.7 Å². The van der Waals surface area contributed by atoms with Crippen molar-refractivity contribution in [3.05, 3.63) is 85.5 Å². The molecule has 8 heteroatoms. The van der Waals surface area contributed by atoms with Crippen molar-refractivity contribution < 1.29 is 19.1 Å². The largest absolute Gasteiger partial charge is 0.493 e. The van der Waals surface area contributed by atoms with Crippen molar-refractivity contribution in [1.29, 1.82) is 5.26 Å². The number of rotatable bonds is 8. The van der Waals surface area contributed by atoms with Crippen molar-refractivity contribution >= 4 is 51.9 Å². The number of carbonyl (C=O) groups is 2. The monoisotopic (exact) mass is 609 g/mol. The zero-order chi connectivity index (χ0) is 27.1. The van der Waals surface area contributed by atoms with Crippen LogP contribution in [-0.4, -0.2) is 25.5 Å². The Morgan fingerprint density at radius 3 is 2.43 bits per heavy atom. The second-order valence-corrected chi connectivity index (χ2v) is 9.70. The first-order valence-corrected chi connectivity index (χ1v) is 12.6. The molecule has 0 bridgehead atoms. The average Bonchev–Trinajstić information content (AvgIpc) is 2.86. The Kier molecular flexibility index (Phi) is 9.31. The number of nitrogens with one attached hydrogen (secondary N) is 2. The number of benzene rings is 3. The molecule has 37 heavy (non-hydrogen) atoms. The molecule has 0 unspecified atom stereocenters. The van der Waals surface area contributed by atoms with Crippen molar-refractivity contribution in [3.8, 4) is 17.6 Å². The van der Waals surface area contributed by atoms with Crippen molar-refractivity contribution in [2.75, 3.05) is 24.4 Å². The lowest BCUT2D eigenvalue weighted by Crippen LogP contribution is -2.20. The Hall–Kier alpha value is -3.84. The van der Waals surface area contributed by atoms with Crippen LogP contribution in [0.15, 0.2) is 54.1 Å². The minimum atomic E-state index is -0.506. The predicted molar refractivity (Wildman–Crippen MR) is 154 cm³/mol. The minimum absolute atomic E-state index is 0.0554. The van der Waals surface area contributed by atoms with E-state index in [1.54, 1.807) is 18.2 Å². The van der Waals surface area contributed by atoms with Gasteiger partial charge in [0.15, 0.2) is 18.1 Å². The standard InChI is InChI=1S/C29H28IN3O4/c1-17-9-10-23(11-19(17)3)32-27(34)16-37-28-24(30)13-21(14-26(28)36-5)12-22(15-31)29(35)33-25-8-6-7-18(2)20(25)4/h6-14H,16H2,1-5H3,(H,32,34)(H,33,35)/b22-12-. The van der Waals surface area contributed by atoms with Crippen LogP contribution in [0.25, 0.3) is 6.08 Å². The first-order chi connectivity index (χ1) is 17.6. The molecule has 0 saturated carbocycles. The van der Waals surface area contributed by atoms with Gasteiger partial charge in [0.25, 0.3) is 11.8 Å². The molecule has 0 fully saturated rings. The predicted octanol–water partition coefficient (Wildman–Crippen LogP) is 6.10. The number of nitrogens with zero attached hydrogens (tertiary/aromatic N) is 1. The van der Waals surface area contributed by atoms with Crippen molar-refractivity contribution in [1.82, 2.24) is 0 Å². The first-order valence-electron chi connectivity index (χ1n) is 11.5. The Morgan fingerprint density at radius 1 is 1.00 bits per heavy atom. The molecule has 2 amide bonds. The maximum atomic E-state index is 12.8. The summed E-state index contributed by atoms with van der Waals surface area (Å²) in [4.78, 5) is 25.2. The van der Waals surface area contributed by atoms with E-state index in [0.717, 1.165) is 22.3 Å². The molecule has 3 rings (SSSR count). The van der Waals surface area contributed by atoms with E-state index in [1.807, 2.05) is 64.1 Å². The van der Waals surface area contributed by atoms with Crippen molar-refractivity contribution in [3.63, 3.8) is 0 Å². The van der Waals surface area contributed by atoms with Crippen LogP contribution in [0, 0.1) is 42.6 Å². The number of halogens is 1. The lowest BCUT2D eigenvalue weighted by Gasteiger charge is -2.14. The molecule has 190 valence electrons. The SMILES string of the molecule is COc1cc(/C=C(/C#N)C(=O)Nc2cccc(C)c2C)cc(I)c1OCC(=O)Nc1ccc(C)c(C)c1. The third-order valence-corrected chi connectivity index (χ3v) is 6.72. The van der Waals surface area contributed by atoms with Gasteiger partial charge in [-0.25, -0.2) is 0 Å². The van der Waals surface area contributed by atoms with E-state index in [0.29, 0.717) is 32.0 Å². The fraction of sp³-hybridized carbons (Fsp3) is 0.207. The fourth-order valence-corrected chi connectivity index (χ4v) is 4.29. The number of amides is 2. The normalized spacial score (nSPS) is 10.9. The van der Waals surface area contributed by atoms with E-state index >= 15 is 0 Å². The molecule has 2 N–H and O–H groups in total. The van der Waals surface area contributed by atoms with E-state index in [2.05, 4.69) is 33.2 Å². The molecular weight excluding hydrogens is 581 g/mol. The van der Waals surface area contributed by atoms with Gasteiger partial charge in [-0.3, -0.25) is 9.59 Å². The highest BCUT2D eigenvalue weighted by molar-refractivity contribution is 14.1. The summed E-state index contributed by atoms with van der Waals surface area (Å²) >= 11 is 2.07. The molecule has 3 aromatic rings. The van der Waals surface area contributed by atoms with Gasteiger partial charge < -0.3 is 20.1 Å². The molecule has 0 aromatic heterocycles. The summed E-state index contributed by atoms with van der Waals surface area (Å²) in [6.07, 6.45) is 1.49. The highest BCUT2D eigenvalue weighted by Crippen LogP contribution is 2.35. The molecule has 0 aliphatic heterocycles. The van der Waals surface area contributed by atoms with Gasteiger partial charge in [0.1, 0.15) is 11.6 Å².